The number of hydrogen-bond donors (Lipinski definition) is 1. The summed E-state index contributed by atoms with van der Waals surface area (Å²) < 4.78 is 45.2. The van der Waals surface area contributed by atoms with Gasteiger partial charge in [0.25, 0.3) is 0 Å². The van der Waals surface area contributed by atoms with Crippen molar-refractivity contribution in [2.45, 2.75) is 20.2 Å². The number of rotatable bonds is 6. The highest BCUT2D eigenvalue weighted by molar-refractivity contribution is 9.10. The van der Waals surface area contributed by atoms with Crippen LogP contribution in [0.1, 0.15) is 13.8 Å². The highest BCUT2D eigenvalue weighted by Crippen LogP contribution is 2.32. The molecule has 0 fully saturated rings. The molecule has 1 aromatic carbocycles. The summed E-state index contributed by atoms with van der Waals surface area (Å²) in [6.45, 7) is 4.03. The summed E-state index contributed by atoms with van der Waals surface area (Å²) in [5.41, 5.74) is 0.563. The Hall–Kier alpha value is -1.44. The summed E-state index contributed by atoms with van der Waals surface area (Å²) >= 11 is 3.00. The molecule has 0 spiro atoms. The van der Waals surface area contributed by atoms with Gasteiger partial charge in [-0.3, -0.25) is 4.79 Å². The Balaban J connectivity index is 2.62. The van der Waals surface area contributed by atoms with Crippen molar-refractivity contribution in [1.29, 1.82) is 0 Å². The number of ether oxygens (including phenoxy) is 2. The van der Waals surface area contributed by atoms with Gasteiger partial charge in [-0.2, -0.15) is 0 Å². The highest BCUT2D eigenvalue weighted by atomic mass is 79.9. The highest BCUT2D eigenvalue weighted by Gasteiger charge is 2.31. The van der Waals surface area contributed by atoms with E-state index in [1.54, 1.807) is 13.8 Å². The molecule has 21 heavy (non-hydrogen) atoms. The van der Waals surface area contributed by atoms with Crippen LogP contribution in [0.5, 0.6) is 5.75 Å². The van der Waals surface area contributed by atoms with Crippen LogP contribution in [0, 0.1) is 5.92 Å². The SMILES string of the molecule is CCOC(=O)C(C)CNc1ccc(OC(F)(F)F)c(Br)c1. The number of hydrogen-bond acceptors (Lipinski definition) is 4. The number of alkyl halides is 3. The van der Waals surface area contributed by atoms with Gasteiger partial charge in [-0.15, -0.1) is 13.2 Å². The Morgan fingerprint density at radius 3 is 2.62 bits per heavy atom. The van der Waals surface area contributed by atoms with E-state index in [1.165, 1.54) is 18.2 Å². The maximum Gasteiger partial charge on any atom is 0.573 e. The Bertz CT molecular complexity index is 494. The minimum absolute atomic E-state index is 0.161. The van der Waals surface area contributed by atoms with Gasteiger partial charge >= 0.3 is 12.3 Å². The van der Waals surface area contributed by atoms with Gasteiger partial charge in [0, 0.05) is 12.2 Å². The van der Waals surface area contributed by atoms with Gasteiger partial charge in [-0.05, 0) is 41.1 Å². The van der Waals surface area contributed by atoms with Crippen LogP contribution in [-0.2, 0) is 9.53 Å². The first-order valence-corrected chi connectivity index (χ1v) is 6.98. The molecule has 118 valence electrons. The van der Waals surface area contributed by atoms with Gasteiger partial charge in [-0.25, -0.2) is 0 Å². The second kappa shape index (κ2) is 7.53. The molecule has 0 amide bonds. The number of nitrogens with one attached hydrogen (secondary N) is 1. The van der Waals surface area contributed by atoms with Gasteiger partial charge < -0.3 is 14.8 Å². The molecule has 4 nitrogen and oxygen atoms in total. The summed E-state index contributed by atoms with van der Waals surface area (Å²) in [5, 5.41) is 2.95. The third-order valence-corrected chi connectivity index (χ3v) is 3.08. The normalized spacial score (nSPS) is 12.7. The van der Waals surface area contributed by atoms with Crippen LogP contribution in [0.3, 0.4) is 0 Å². The van der Waals surface area contributed by atoms with Gasteiger partial charge in [0.15, 0.2) is 0 Å². The zero-order valence-corrected chi connectivity index (χ0v) is 13.0. The molecule has 1 unspecified atom stereocenters. The topological polar surface area (TPSA) is 47.6 Å². The number of benzene rings is 1. The van der Waals surface area contributed by atoms with Crippen LogP contribution in [0.2, 0.25) is 0 Å². The summed E-state index contributed by atoms with van der Waals surface area (Å²) in [4.78, 5) is 11.4. The molecule has 1 rings (SSSR count). The largest absolute Gasteiger partial charge is 0.573 e. The molecule has 0 aliphatic rings. The number of carbonyl (C=O) groups is 1. The predicted octanol–water partition coefficient (Wildman–Crippen LogP) is 3.96. The molecule has 1 aromatic rings. The van der Waals surface area contributed by atoms with E-state index >= 15 is 0 Å². The summed E-state index contributed by atoms with van der Waals surface area (Å²) in [5.74, 6) is -1.03. The van der Waals surface area contributed by atoms with E-state index in [9.17, 15) is 18.0 Å². The first-order valence-electron chi connectivity index (χ1n) is 6.18. The average Bonchev–Trinajstić information content (AvgIpc) is 2.37. The Kier molecular flexibility index (Phi) is 6.32. The fourth-order valence-electron chi connectivity index (χ4n) is 1.46. The van der Waals surface area contributed by atoms with Crippen LogP contribution in [0.4, 0.5) is 18.9 Å². The lowest BCUT2D eigenvalue weighted by molar-refractivity contribution is -0.274. The molecule has 0 radical (unpaired) electrons. The molecule has 1 atom stereocenters. The molecule has 0 heterocycles. The van der Waals surface area contributed by atoms with Crippen LogP contribution < -0.4 is 10.1 Å². The van der Waals surface area contributed by atoms with Gasteiger partial charge in [0.1, 0.15) is 5.75 Å². The van der Waals surface area contributed by atoms with Crippen molar-refractivity contribution in [2.75, 3.05) is 18.5 Å². The molecule has 0 aliphatic carbocycles. The Morgan fingerprint density at radius 1 is 1.43 bits per heavy atom. The van der Waals surface area contributed by atoms with Crippen molar-refractivity contribution in [3.8, 4) is 5.75 Å². The van der Waals surface area contributed by atoms with Crippen LogP contribution in [0.15, 0.2) is 22.7 Å². The third-order valence-electron chi connectivity index (χ3n) is 2.46. The summed E-state index contributed by atoms with van der Waals surface area (Å²) in [6.07, 6.45) is -4.74. The summed E-state index contributed by atoms with van der Waals surface area (Å²) in [7, 11) is 0. The lowest BCUT2D eigenvalue weighted by Gasteiger charge is -2.14. The van der Waals surface area contributed by atoms with Crippen LogP contribution in [0.25, 0.3) is 0 Å². The standard InChI is InChI=1S/C13H15BrF3NO3/c1-3-20-12(19)8(2)7-18-9-4-5-11(10(14)6-9)21-13(15,16)17/h4-6,8,18H,3,7H2,1-2H3. The second-order valence-electron chi connectivity index (χ2n) is 4.23. The first kappa shape index (κ1) is 17.6. The Morgan fingerprint density at radius 2 is 2.10 bits per heavy atom. The lowest BCUT2D eigenvalue weighted by atomic mass is 10.2. The average molecular weight is 370 g/mol. The van der Waals surface area contributed by atoms with E-state index in [2.05, 4.69) is 26.0 Å². The van der Waals surface area contributed by atoms with Crippen molar-refractivity contribution in [2.24, 2.45) is 5.92 Å². The minimum atomic E-state index is -4.74. The lowest BCUT2D eigenvalue weighted by Crippen LogP contribution is -2.22. The molecule has 0 bridgehead atoms. The van der Waals surface area contributed by atoms with Crippen molar-refractivity contribution >= 4 is 27.6 Å². The fraction of sp³-hybridized carbons (Fsp3) is 0.462. The van der Waals surface area contributed by atoms with E-state index in [1.807, 2.05) is 0 Å². The first-order chi connectivity index (χ1) is 9.73. The van der Waals surface area contributed by atoms with E-state index in [0.717, 1.165) is 0 Å². The number of halogens is 4. The molecule has 0 saturated carbocycles. The fourth-order valence-corrected chi connectivity index (χ4v) is 1.92. The maximum absolute atomic E-state index is 12.1. The quantitative estimate of drug-likeness (QED) is 0.771. The van der Waals surface area contributed by atoms with Gasteiger partial charge in [0.05, 0.1) is 17.0 Å². The molecule has 0 aliphatic heterocycles. The van der Waals surface area contributed by atoms with Crippen molar-refractivity contribution in [3.63, 3.8) is 0 Å². The smallest absolute Gasteiger partial charge is 0.466 e. The predicted molar refractivity (Wildman–Crippen MR) is 75.1 cm³/mol. The van der Waals surface area contributed by atoms with E-state index < -0.39 is 6.36 Å². The number of carbonyl (C=O) groups excluding carboxylic acids is 1. The molecule has 0 saturated heterocycles. The minimum Gasteiger partial charge on any atom is -0.466 e. The van der Waals surface area contributed by atoms with Crippen molar-refractivity contribution in [1.82, 2.24) is 0 Å². The maximum atomic E-state index is 12.1. The van der Waals surface area contributed by atoms with E-state index in [4.69, 9.17) is 4.74 Å². The number of esters is 1. The monoisotopic (exact) mass is 369 g/mol. The molecule has 8 heteroatoms. The van der Waals surface area contributed by atoms with Gasteiger partial charge in [-0.1, -0.05) is 6.92 Å². The van der Waals surface area contributed by atoms with Crippen molar-refractivity contribution in [3.05, 3.63) is 22.7 Å². The summed E-state index contributed by atoms with van der Waals surface area (Å²) in [6, 6.07) is 4.07. The molecule has 0 aromatic heterocycles. The van der Waals surface area contributed by atoms with E-state index in [0.29, 0.717) is 18.8 Å². The molecular weight excluding hydrogens is 355 g/mol. The van der Waals surface area contributed by atoms with Crippen molar-refractivity contribution < 1.29 is 27.4 Å². The Labute approximate surface area is 128 Å². The number of anilines is 1. The molecular formula is C13H15BrF3NO3. The zero-order chi connectivity index (χ0) is 16.0. The van der Waals surface area contributed by atoms with E-state index in [-0.39, 0.29) is 22.1 Å². The second-order valence-corrected chi connectivity index (χ2v) is 5.08. The zero-order valence-electron chi connectivity index (χ0n) is 11.5. The van der Waals surface area contributed by atoms with Crippen LogP contribution in [-0.4, -0.2) is 25.5 Å². The van der Waals surface area contributed by atoms with Crippen LogP contribution >= 0.6 is 15.9 Å². The molecule has 1 N–H and O–H groups in total. The van der Waals surface area contributed by atoms with Gasteiger partial charge in [0.2, 0.25) is 0 Å². The third kappa shape index (κ3) is 6.24.